The number of H-pyrrole nitrogens is 1. The summed E-state index contributed by atoms with van der Waals surface area (Å²) in [6.45, 7) is 0. The van der Waals surface area contributed by atoms with Gasteiger partial charge in [-0.2, -0.15) is 5.10 Å². The van der Waals surface area contributed by atoms with E-state index in [1.165, 1.54) is 42.5 Å². The third kappa shape index (κ3) is 5.59. The van der Waals surface area contributed by atoms with Gasteiger partial charge in [0.05, 0.1) is 11.7 Å². The fourth-order valence-electron chi connectivity index (χ4n) is 4.79. The van der Waals surface area contributed by atoms with Crippen molar-refractivity contribution in [3.8, 4) is 11.1 Å². The van der Waals surface area contributed by atoms with Crippen LogP contribution >= 0.6 is 0 Å². The van der Waals surface area contributed by atoms with Gasteiger partial charge < -0.3 is 20.4 Å². The fourth-order valence-corrected chi connectivity index (χ4v) is 4.79. The van der Waals surface area contributed by atoms with Crippen LogP contribution in [0.3, 0.4) is 0 Å². The van der Waals surface area contributed by atoms with Crippen LogP contribution in [0.25, 0.3) is 22.0 Å². The average Bonchev–Trinajstić information content (AvgIpc) is 3.33. The summed E-state index contributed by atoms with van der Waals surface area (Å²) in [5, 5.41) is 27.6. The highest BCUT2D eigenvalue weighted by Crippen LogP contribution is 2.35. The highest BCUT2D eigenvalue weighted by atomic mass is 16.4. The second kappa shape index (κ2) is 9.87. The van der Waals surface area contributed by atoms with E-state index in [1.807, 2.05) is 6.20 Å². The van der Waals surface area contributed by atoms with Crippen LogP contribution in [-0.2, 0) is 9.59 Å². The van der Waals surface area contributed by atoms with Gasteiger partial charge >= 0.3 is 11.9 Å². The number of fused-ring (bicyclic) bond motifs is 3. The summed E-state index contributed by atoms with van der Waals surface area (Å²) in [6.07, 6.45) is 8.27. The molecule has 3 aromatic rings. The summed E-state index contributed by atoms with van der Waals surface area (Å²) in [6, 6.07) is 17.5. The number of hydrogen-bond donors (Lipinski definition) is 4. The van der Waals surface area contributed by atoms with Crippen LogP contribution in [0.2, 0.25) is 0 Å². The molecule has 0 saturated carbocycles. The summed E-state index contributed by atoms with van der Waals surface area (Å²) >= 11 is 0. The predicted octanol–water partition coefficient (Wildman–Crippen LogP) is 3.98. The average molecular weight is 449 g/mol. The number of nitrogens with zero attached hydrogens (tertiary/aromatic N) is 2. The van der Waals surface area contributed by atoms with E-state index in [4.69, 9.17) is 10.2 Å². The molecule has 0 amide bonds. The van der Waals surface area contributed by atoms with Gasteiger partial charge in [-0.1, -0.05) is 18.2 Å². The number of hydrogen-bond acceptors (Lipinski definition) is 5. The molecule has 2 fully saturated rings. The topological polar surface area (TPSA) is 119 Å². The van der Waals surface area contributed by atoms with Gasteiger partial charge in [-0.05, 0) is 68.1 Å². The number of rotatable bonds is 5. The maximum atomic E-state index is 9.55. The molecular weight excluding hydrogens is 420 g/mol. The molecule has 8 heteroatoms. The van der Waals surface area contributed by atoms with Crippen LogP contribution in [0, 0.1) is 0 Å². The Hall–Kier alpha value is -3.65. The molecule has 172 valence electrons. The molecule has 2 aliphatic rings. The van der Waals surface area contributed by atoms with Gasteiger partial charge in [0.1, 0.15) is 0 Å². The minimum absolute atomic E-state index is 0.558. The summed E-state index contributed by atoms with van der Waals surface area (Å²) in [7, 11) is 2.30. The van der Waals surface area contributed by atoms with Crippen LogP contribution in [0.4, 0.5) is 5.69 Å². The molecular formula is C25H28N4O4. The molecule has 2 saturated heterocycles. The van der Waals surface area contributed by atoms with Crippen LogP contribution in [-0.4, -0.2) is 62.4 Å². The highest BCUT2D eigenvalue weighted by molar-refractivity contribution is 5.89. The van der Waals surface area contributed by atoms with Crippen LogP contribution in [0.15, 0.2) is 60.8 Å². The van der Waals surface area contributed by atoms with E-state index in [9.17, 15) is 9.59 Å². The molecule has 0 spiro atoms. The molecule has 3 heterocycles. The smallest absolute Gasteiger partial charge is 0.328 e. The highest BCUT2D eigenvalue weighted by Gasteiger charge is 2.38. The van der Waals surface area contributed by atoms with Crippen molar-refractivity contribution in [3.05, 3.63) is 60.8 Å². The Balaban J connectivity index is 0.000000281. The summed E-state index contributed by atoms with van der Waals surface area (Å²) < 4.78 is 0. The monoisotopic (exact) mass is 448 g/mol. The zero-order chi connectivity index (χ0) is 23.4. The van der Waals surface area contributed by atoms with Crippen molar-refractivity contribution in [2.24, 2.45) is 0 Å². The normalized spacial score (nSPS) is 22.2. The van der Waals surface area contributed by atoms with Crippen molar-refractivity contribution >= 4 is 28.5 Å². The maximum Gasteiger partial charge on any atom is 0.328 e. The number of nitrogens with one attached hydrogen (secondary N) is 2. The Morgan fingerprint density at radius 1 is 1.00 bits per heavy atom. The van der Waals surface area contributed by atoms with E-state index in [-0.39, 0.29) is 0 Å². The first kappa shape index (κ1) is 22.5. The first-order valence-electron chi connectivity index (χ1n) is 11.0. The van der Waals surface area contributed by atoms with E-state index in [1.54, 1.807) is 0 Å². The van der Waals surface area contributed by atoms with Crippen LogP contribution in [0.5, 0.6) is 0 Å². The number of anilines is 1. The molecule has 5 rings (SSSR count). The number of piperidine rings is 1. The second-order valence-electron chi connectivity index (χ2n) is 8.62. The number of benzene rings is 2. The van der Waals surface area contributed by atoms with Crippen molar-refractivity contribution in [3.63, 3.8) is 0 Å². The number of carboxylic acids is 2. The quantitative estimate of drug-likeness (QED) is 0.436. The molecule has 0 radical (unpaired) electrons. The van der Waals surface area contributed by atoms with Crippen molar-refractivity contribution < 1.29 is 19.8 Å². The lowest BCUT2D eigenvalue weighted by Gasteiger charge is -2.37. The first-order chi connectivity index (χ1) is 15.9. The Labute approximate surface area is 191 Å². The van der Waals surface area contributed by atoms with Gasteiger partial charge in [-0.15, -0.1) is 0 Å². The first-order valence-corrected chi connectivity index (χ1v) is 11.0. The molecule has 2 atom stereocenters. The lowest BCUT2D eigenvalue weighted by atomic mass is 9.97. The number of aliphatic carboxylic acids is 2. The minimum Gasteiger partial charge on any atom is -0.478 e. The molecule has 1 aromatic heterocycles. The fraction of sp³-hybridized carbons (Fsp3) is 0.320. The second-order valence-corrected chi connectivity index (χ2v) is 8.62. The van der Waals surface area contributed by atoms with Gasteiger partial charge in [0.15, 0.2) is 0 Å². The lowest BCUT2D eigenvalue weighted by Crippen LogP contribution is -2.44. The van der Waals surface area contributed by atoms with E-state index in [0.29, 0.717) is 18.2 Å². The van der Waals surface area contributed by atoms with Crippen LogP contribution < -0.4 is 5.32 Å². The van der Waals surface area contributed by atoms with Gasteiger partial charge in [-0.25, -0.2) is 9.59 Å². The van der Waals surface area contributed by atoms with Crippen LogP contribution in [0.1, 0.15) is 25.7 Å². The van der Waals surface area contributed by atoms with Crippen molar-refractivity contribution in [2.45, 2.75) is 43.8 Å². The number of aromatic amines is 1. The molecule has 2 aliphatic heterocycles. The molecule has 2 bridgehead atoms. The Bertz CT molecular complexity index is 1120. The summed E-state index contributed by atoms with van der Waals surface area (Å²) in [5.74, 6) is -2.51. The van der Waals surface area contributed by atoms with E-state index in [0.717, 1.165) is 23.0 Å². The number of aromatic nitrogens is 2. The van der Waals surface area contributed by atoms with Gasteiger partial charge in [0.2, 0.25) is 0 Å². The van der Waals surface area contributed by atoms with E-state index < -0.39 is 11.9 Å². The Morgan fingerprint density at radius 3 is 2.21 bits per heavy atom. The van der Waals surface area contributed by atoms with Gasteiger partial charge in [-0.3, -0.25) is 5.10 Å². The lowest BCUT2D eigenvalue weighted by molar-refractivity contribution is -0.134. The Morgan fingerprint density at radius 2 is 1.61 bits per heavy atom. The molecule has 8 nitrogen and oxygen atoms in total. The van der Waals surface area contributed by atoms with Crippen molar-refractivity contribution in [1.29, 1.82) is 0 Å². The van der Waals surface area contributed by atoms with E-state index >= 15 is 0 Å². The largest absolute Gasteiger partial charge is 0.478 e. The Kier molecular flexibility index (Phi) is 6.74. The summed E-state index contributed by atoms with van der Waals surface area (Å²) in [4.78, 5) is 21.7. The van der Waals surface area contributed by atoms with Gasteiger partial charge in [0, 0.05) is 41.4 Å². The zero-order valence-corrected chi connectivity index (χ0v) is 18.4. The predicted molar refractivity (Wildman–Crippen MR) is 127 cm³/mol. The molecule has 2 aromatic carbocycles. The standard InChI is InChI=1S/C21H24N4.C4H4O4/c1-25-19-7-8-20(25)12-18(11-19)23-17-5-2-14(3-6-17)15-4-9-21-16(10-15)13-22-24-21;5-3(6)1-2-4(7)8/h2-6,9-10,13,18-20,23H,7-8,11-12H2,1H3,(H,22,24);1-2H,(H,5,6)(H,7,8)/b;2-1+. The van der Waals surface area contributed by atoms with Gasteiger partial charge in [0.25, 0.3) is 0 Å². The zero-order valence-electron chi connectivity index (χ0n) is 18.4. The molecule has 0 aliphatic carbocycles. The molecule has 33 heavy (non-hydrogen) atoms. The molecule has 4 N–H and O–H groups in total. The summed E-state index contributed by atoms with van der Waals surface area (Å²) in [5.41, 5.74) is 4.80. The number of carbonyl (C=O) groups is 2. The van der Waals surface area contributed by atoms with Crippen molar-refractivity contribution in [1.82, 2.24) is 15.1 Å². The third-order valence-corrected chi connectivity index (χ3v) is 6.50. The maximum absolute atomic E-state index is 9.55. The number of carboxylic acid groups (broad SMARTS) is 2. The molecule has 2 unspecified atom stereocenters. The minimum atomic E-state index is -1.26. The SMILES string of the molecule is CN1C2CCC1CC(Nc1ccc(-c3ccc4[nH]ncc4c3)cc1)C2.O=C(O)/C=C/C(=O)O. The van der Waals surface area contributed by atoms with E-state index in [2.05, 4.69) is 69.9 Å². The third-order valence-electron chi connectivity index (χ3n) is 6.50. The van der Waals surface area contributed by atoms with Crippen molar-refractivity contribution in [2.75, 3.05) is 12.4 Å².